The Morgan fingerprint density at radius 2 is 2.00 bits per heavy atom. The molecule has 0 amide bonds. The van der Waals surface area contributed by atoms with Gasteiger partial charge in [-0.25, -0.2) is 4.79 Å². The van der Waals surface area contributed by atoms with Crippen molar-refractivity contribution in [3.05, 3.63) is 71.8 Å². The average Bonchev–Trinajstić information content (AvgIpc) is 2.52. The fraction of sp³-hybridized carbons (Fsp3) is 0.118. The summed E-state index contributed by atoms with van der Waals surface area (Å²) in [5.74, 6) is 0.522. The van der Waals surface area contributed by atoms with Crippen molar-refractivity contribution in [2.75, 3.05) is 7.11 Å². The molecule has 3 heteroatoms. The molecule has 2 aromatic rings. The molecule has 0 aromatic heterocycles. The van der Waals surface area contributed by atoms with E-state index in [1.54, 1.807) is 23.9 Å². The first-order chi connectivity index (χ1) is 9.74. The maximum Gasteiger partial charge on any atom is 0.338 e. The van der Waals surface area contributed by atoms with Gasteiger partial charge >= 0.3 is 5.97 Å². The number of hydrogen-bond acceptors (Lipinski definition) is 3. The van der Waals surface area contributed by atoms with Gasteiger partial charge < -0.3 is 4.74 Å². The van der Waals surface area contributed by atoms with Crippen LogP contribution in [0.1, 0.15) is 21.5 Å². The Balaban J connectivity index is 2.14. The highest BCUT2D eigenvalue weighted by atomic mass is 32.2. The molecule has 0 unspecified atom stereocenters. The minimum atomic E-state index is -0.331. The lowest BCUT2D eigenvalue weighted by Gasteiger charge is -2.07. The summed E-state index contributed by atoms with van der Waals surface area (Å²) in [4.78, 5) is 12.8. The van der Waals surface area contributed by atoms with Crippen LogP contribution < -0.4 is 0 Å². The van der Waals surface area contributed by atoms with E-state index in [2.05, 4.69) is 18.7 Å². The van der Waals surface area contributed by atoms with E-state index in [1.165, 1.54) is 12.0 Å². The Hall–Kier alpha value is -2.00. The van der Waals surface area contributed by atoms with E-state index in [-0.39, 0.29) is 5.97 Å². The summed E-state index contributed by atoms with van der Waals surface area (Å²) >= 11 is 1.76. The predicted octanol–water partition coefficient (Wildman–Crippen LogP) is 4.41. The van der Waals surface area contributed by atoms with E-state index in [1.807, 2.05) is 30.3 Å². The minimum Gasteiger partial charge on any atom is -0.465 e. The number of rotatable bonds is 5. The van der Waals surface area contributed by atoms with Crippen molar-refractivity contribution in [3.8, 4) is 0 Å². The molecule has 0 N–H and O–H groups in total. The quantitative estimate of drug-likeness (QED) is 0.601. The van der Waals surface area contributed by atoms with Crippen molar-refractivity contribution >= 4 is 23.8 Å². The van der Waals surface area contributed by atoms with Gasteiger partial charge in [-0.1, -0.05) is 43.0 Å². The lowest BCUT2D eigenvalue weighted by Crippen LogP contribution is -2.04. The van der Waals surface area contributed by atoms with Gasteiger partial charge in [0.25, 0.3) is 0 Å². The summed E-state index contributed by atoms with van der Waals surface area (Å²) in [7, 11) is 1.38. The van der Waals surface area contributed by atoms with E-state index >= 15 is 0 Å². The van der Waals surface area contributed by atoms with E-state index < -0.39 is 0 Å². The molecule has 0 aliphatic heterocycles. The molecule has 0 saturated heterocycles. The number of esters is 1. The largest absolute Gasteiger partial charge is 0.465 e. The molecule has 0 atom stereocenters. The van der Waals surface area contributed by atoms with Crippen molar-refractivity contribution in [3.63, 3.8) is 0 Å². The average molecular weight is 284 g/mol. The van der Waals surface area contributed by atoms with Crippen molar-refractivity contribution < 1.29 is 9.53 Å². The smallest absolute Gasteiger partial charge is 0.338 e. The summed E-state index contributed by atoms with van der Waals surface area (Å²) in [5, 5.41) is 0. The van der Waals surface area contributed by atoms with Crippen LogP contribution in [0.3, 0.4) is 0 Å². The highest BCUT2D eigenvalue weighted by Gasteiger charge is 2.10. The van der Waals surface area contributed by atoms with Crippen LogP contribution in [0.15, 0.2) is 60.0 Å². The first-order valence-electron chi connectivity index (χ1n) is 6.26. The van der Waals surface area contributed by atoms with Gasteiger partial charge in [-0.2, -0.15) is 0 Å². The molecule has 2 nitrogen and oxygen atoms in total. The van der Waals surface area contributed by atoms with Gasteiger partial charge in [-0.3, -0.25) is 0 Å². The highest BCUT2D eigenvalue weighted by Crippen LogP contribution is 2.24. The number of carbonyl (C=O) groups is 1. The summed E-state index contributed by atoms with van der Waals surface area (Å²) in [6.07, 6.45) is 1.68. The fourth-order valence-corrected chi connectivity index (χ4v) is 2.71. The Bertz CT molecular complexity index is 606. The molecule has 0 bridgehead atoms. The van der Waals surface area contributed by atoms with E-state index in [0.29, 0.717) is 5.56 Å². The molecule has 102 valence electrons. The molecule has 0 aliphatic rings. The van der Waals surface area contributed by atoms with Crippen LogP contribution >= 0.6 is 11.8 Å². The van der Waals surface area contributed by atoms with Crippen molar-refractivity contribution in [1.82, 2.24) is 0 Å². The van der Waals surface area contributed by atoms with Crippen LogP contribution in [-0.4, -0.2) is 13.1 Å². The number of benzene rings is 2. The van der Waals surface area contributed by atoms with Gasteiger partial charge in [0.1, 0.15) is 0 Å². The molecular weight excluding hydrogens is 268 g/mol. The third-order valence-corrected chi connectivity index (χ3v) is 3.97. The SMILES string of the molecule is C=Cc1cc(CSc2ccccc2)ccc1C(=O)OC. The molecule has 2 aromatic carbocycles. The minimum absolute atomic E-state index is 0.331. The number of ether oxygens (including phenoxy) is 1. The summed E-state index contributed by atoms with van der Waals surface area (Å²) in [6.45, 7) is 3.75. The van der Waals surface area contributed by atoms with Crippen molar-refractivity contribution in [2.24, 2.45) is 0 Å². The predicted molar refractivity (Wildman–Crippen MR) is 83.9 cm³/mol. The Morgan fingerprint density at radius 3 is 2.65 bits per heavy atom. The van der Waals surface area contributed by atoms with Gasteiger partial charge in [0, 0.05) is 10.6 Å². The summed E-state index contributed by atoms with van der Waals surface area (Å²) < 4.78 is 4.76. The zero-order valence-corrected chi connectivity index (χ0v) is 12.2. The molecule has 20 heavy (non-hydrogen) atoms. The van der Waals surface area contributed by atoms with Gasteiger partial charge in [0.2, 0.25) is 0 Å². The Morgan fingerprint density at radius 1 is 1.25 bits per heavy atom. The second kappa shape index (κ2) is 6.96. The third-order valence-electron chi connectivity index (χ3n) is 2.89. The monoisotopic (exact) mass is 284 g/mol. The van der Waals surface area contributed by atoms with E-state index in [0.717, 1.165) is 16.9 Å². The van der Waals surface area contributed by atoms with Crippen LogP contribution in [0.2, 0.25) is 0 Å². The van der Waals surface area contributed by atoms with E-state index in [4.69, 9.17) is 4.74 Å². The topological polar surface area (TPSA) is 26.3 Å². The number of carbonyl (C=O) groups excluding carboxylic acids is 1. The zero-order valence-electron chi connectivity index (χ0n) is 11.3. The summed E-state index contributed by atoms with van der Waals surface area (Å²) in [5.41, 5.74) is 2.51. The third kappa shape index (κ3) is 3.52. The molecule has 0 aliphatic carbocycles. The second-order valence-corrected chi connectivity index (χ2v) is 5.27. The molecule has 0 fully saturated rings. The van der Waals surface area contributed by atoms with Crippen LogP contribution in [0.5, 0.6) is 0 Å². The first-order valence-corrected chi connectivity index (χ1v) is 7.24. The fourth-order valence-electron chi connectivity index (χ4n) is 1.85. The molecule has 0 radical (unpaired) electrons. The van der Waals surface area contributed by atoms with Gasteiger partial charge in [-0.05, 0) is 29.3 Å². The summed E-state index contributed by atoms with van der Waals surface area (Å²) in [6, 6.07) is 16.0. The number of methoxy groups -OCH3 is 1. The second-order valence-electron chi connectivity index (χ2n) is 4.22. The number of hydrogen-bond donors (Lipinski definition) is 0. The zero-order chi connectivity index (χ0) is 14.4. The van der Waals surface area contributed by atoms with Gasteiger partial charge in [0.05, 0.1) is 12.7 Å². The molecule has 0 spiro atoms. The van der Waals surface area contributed by atoms with Gasteiger partial charge in [-0.15, -0.1) is 11.8 Å². The number of thioether (sulfide) groups is 1. The molecular formula is C17H16O2S. The van der Waals surface area contributed by atoms with Crippen LogP contribution in [0.25, 0.3) is 6.08 Å². The normalized spacial score (nSPS) is 10.1. The van der Waals surface area contributed by atoms with E-state index in [9.17, 15) is 4.79 Å². The first kappa shape index (κ1) is 14.4. The van der Waals surface area contributed by atoms with Gasteiger partial charge in [0.15, 0.2) is 0 Å². The lowest BCUT2D eigenvalue weighted by molar-refractivity contribution is 0.0600. The molecule has 2 rings (SSSR count). The van der Waals surface area contributed by atoms with Crippen molar-refractivity contribution in [2.45, 2.75) is 10.6 Å². The maximum absolute atomic E-state index is 11.6. The maximum atomic E-state index is 11.6. The van der Waals surface area contributed by atoms with Crippen LogP contribution in [0, 0.1) is 0 Å². The Labute approximate surface area is 123 Å². The highest BCUT2D eigenvalue weighted by molar-refractivity contribution is 7.98. The standard InChI is InChI=1S/C17H16O2S/c1-3-14-11-13(9-10-16(14)17(18)19-2)12-20-15-7-5-4-6-8-15/h3-11H,1,12H2,2H3. The Kier molecular flexibility index (Phi) is 5.02. The molecule has 0 saturated carbocycles. The van der Waals surface area contributed by atoms with Crippen LogP contribution in [-0.2, 0) is 10.5 Å². The molecule has 0 heterocycles. The lowest BCUT2D eigenvalue weighted by atomic mass is 10.0. The van der Waals surface area contributed by atoms with Crippen molar-refractivity contribution in [1.29, 1.82) is 0 Å². The van der Waals surface area contributed by atoms with Crippen LogP contribution in [0.4, 0.5) is 0 Å².